The number of imidazole rings is 1. The van der Waals surface area contributed by atoms with Crippen LogP contribution in [0.4, 0.5) is 0 Å². The number of rotatable bonds is 2. The van der Waals surface area contributed by atoms with Gasteiger partial charge >= 0.3 is 0 Å². The van der Waals surface area contributed by atoms with E-state index in [1.807, 2.05) is 19.2 Å². The van der Waals surface area contributed by atoms with Crippen molar-refractivity contribution in [3.63, 3.8) is 0 Å². The molecule has 0 aromatic carbocycles. The number of nitrogens with zero attached hydrogens (tertiary/aromatic N) is 3. The largest absolute Gasteiger partial charge is 0.308 e. The van der Waals surface area contributed by atoms with Gasteiger partial charge in [-0.25, -0.2) is 9.97 Å². The van der Waals surface area contributed by atoms with Gasteiger partial charge in [-0.2, -0.15) is 0 Å². The van der Waals surface area contributed by atoms with Gasteiger partial charge in [0.05, 0.1) is 5.38 Å². The van der Waals surface area contributed by atoms with E-state index in [0.29, 0.717) is 6.04 Å². The predicted molar refractivity (Wildman–Crippen MR) is 76.9 cm³/mol. The van der Waals surface area contributed by atoms with Crippen molar-refractivity contribution in [3.05, 3.63) is 22.6 Å². The highest BCUT2D eigenvalue weighted by molar-refractivity contribution is 9.10. The lowest BCUT2D eigenvalue weighted by atomic mass is 9.81. The first-order valence-electron chi connectivity index (χ1n) is 6.23. The van der Waals surface area contributed by atoms with Crippen LogP contribution in [0.15, 0.2) is 16.7 Å². The summed E-state index contributed by atoms with van der Waals surface area (Å²) in [6, 6.07) is 2.51. The topological polar surface area (TPSA) is 30.7 Å². The van der Waals surface area contributed by atoms with Crippen LogP contribution in [-0.2, 0) is 0 Å². The molecular formula is C13H15BrClN3. The van der Waals surface area contributed by atoms with Crippen LogP contribution in [0, 0.1) is 5.92 Å². The highest BCUT2D eigenvalue weighted by Gasteiger charge is 2.31. The number of pyridine rings is 1. The lowest BCUT2D eigenvalue weighted by Gasteiger charge is -2.35. The van der Waals surface area contributed by atoms with Gasteiger partial charge in [-0.1, -0.05) is 6.92 Å². The molecule has 1 unspecified atom stereocenters. The molecule has 1 saturated carbocycles. The van der Waals surface area contributed by atoms with E-state index in [1.54, 1.807) is 0 Å². The molecule has 0 spiro atoms. The fourth-order valence-corrected chi connectivity index (χ4v) is 3.16. The van der Waals surface area contributed by atoms with Crippen molar-refractivity contribution in [2.24, 2.45) is 5.92 Å². The molecule has 0 radical (unpaired) electrons. The molecule has 18 heavy (non-hydrogen) atoms. The Morgan fingerprint density at radius 1 is 1.50 bits per heavy atom. The van der Waals surface area contributed by atoms with Gasteiger partial charge in [0.1, 0.15) is 11.3 Å². The smallest absolute Gasteiger partial charge is 0.160 e. The second kappa shape index (κ2) is 4.49. The molecule has 0 saturated heterocycles. The van der Waals surface area contributed by atoms with Crippen molar-refractivity contribution in [2.75, 3.05) is 0 Å². The van der Waals surface area contributed by atoms with Crippen molar-refractivity contribution in [3.8, 4) is 0 Å². The van der Waals surface area contributed by atoms with Crippen molar-refractivity contribution >= 4 is 38.7 Å². The second-order valence-electron chi connectivity index (χ2n) is 5.18. The molecule has 2 heterocycles. The average molecular weight is 329 g/mol. The van der Waals surface area contributed by atoms with Crippen LogP contribution >= 0.6 is 27.5 Å². The van der Waals surface area contributed by atoms with Crippen molar-refractivity contribution in [1.82, 2.24) is 14.5 Å². The van der Waals surface area contributed by atoms with Crippen LogP contribution < -0.4 is 0 Å². The first-order chi connectivity index (χ1) is 8.56. The van der Waals surface area contributed by atoms with Crippen LogP contribution in [0.1, 0.15) is 43.9 Å². The molecule has 0 aliphatic heterocycles. The number of aromatic nitrogens is 3. The molecular weight excluding hydrogens is 314 g/mol. The van der Waals surface area contributed by atoms with Crippen molar-refractivity contribution in [2.45, 2.75) is 38.1 Å². The molecule has 2 aromatic rings. The summed E-state index contributed by atoms with van der Waals surface area (Å²) < 4.78 is 3.19. The lowest BCUT2D eigenvalue weighted by Crippen LogP contribution is -2.26. The number of fused-ring (bicyclic) bond motifs is 1. The van der Waals surface area contributed by atoms with Gasteiger partial charge in [0.2, 0.25) is 0 Å². The Labute approximate surface area is 120 Å². The number of alkyl halides is 1. The van der Waals surface area contributed by atoms with Crippen LogP contribution in [0.25, 0.3) is 11.2 Å². The first-order valence-corrected chi connectivity index (χ1v) is 7.46. The summed E-state index contributed by atoms with van der Waals surface area (Å²) in [6.45, 7) is 4.25. The van der Waals surface area contributed by atoms with Crippen molar-refractivity contribution in [1.29, 1.82) is 0 Å². The van der Waals surface area contributed by atoms with E-state index >= 15 is 0 Å². The zero-order valence-corrected chi connectivity index (χ0v) is 12.7. The number of hydrogen-bond donors (Lipinski definition) is 0. The van der Waals surface area contributed by atoms with E-state index in [4.69, 9.17) is 11.6 Å². The summed E-state index contributed by atoms with van der Waals surface area (Å²) in [5.74, 6) is 1.73. The van der Waals surface area contributed by atoms with Crippen LogP contribution in [0.2, 0.25) is 0 Å². The molecule has 3 rings (SSSR count). The fraction of sp³-hybridized carbons (Fsp3) is 0.538. The van der Waals surface area contributed by atoms with Gasteiger partial charge < -0.3 is 4.57 Å². The maximum atomic E-state index is 6.26. The molecule has 1 aliphatic rings. The Kier molecular flexibility index (Phi) is 3.10. The lowest BCUT2D eigenvalue weighted by molar-refractivity contribution is 0.215. The molecule has 0 N–H and O–H groups in total. The van der Waals surface area contributed by atoms with E-state index < -0.39 is 0 Å². The summed E-state index contributed by atoms with van der Waals surface area (Å²) in [5.41, 5.74) is 1.88. The third-order valence-electron chi connectivity index (χ3n) is 3.59. The average Bonchev–Trinajstić information content (AvgIpc) is 2.63. The molecule has 0 bridgehead atoms. The number of halogens is 2. The Morgan fingerprint density at radius 2 is 2.22 bits per heavy atom. The van der Waals surface area contributed by atoms with Gasteiger partial charge in [0.25, 0.3) is 0 Å². The van der Waals surface area contributed by atoms with E-state index in [-0.39, 0.29) is 5.38 Å². The third kappa shape index (κ3) is 1.95. The zero-order valence-electron chi connectivity index (χ0n) is 10.4. The molecule has 96 valence electrons. The highest BCUT2D eigenvalue weighted by Crippen LogP contribution is 2.41. The summed E-state index contributed by atoms with van der Waals surface area (Å²) in [5, 5.41) is -0.0890. The Balaban J connectivity index is 2.16. The Morgan fingerprint density at radius 3 is 2.83 bits per heavy atom. The summed E-state index contributed by atoms with van der Waals surface area (Å²) in [6.07, 6.45) is 4.21. The predicted octanol–water partition coefficient (Wildman–Crippen LogP) is 4.46. The van der Waals surface area contributed by atoms with Gasteiger partial charge in [-0.15, -0.1) is 11.6 Å². The minimum atomic E-state index is -0.0890. The standard InChI is InChI=1S/C13H15BrClN3/c1-7-3-10(4-7)18-12(8(2)15)17-11-5-9(14)6-16-13(11)18/h5-8,10H,3-4H2,1-2H3. The molecule has 1 atom stereocenters. The summed E-state index contributed by atoms with van der Waals surface area (Å²) in [7, 11) is 0. The highest BCUT2D eigenvalue weighted by atomic mass is 79.9. The molecule has 2 aromatic heterocycles. The maximum Gasteiger partial charge on any atom is 0.160 e. The van der Waals surface area contributed by atoms with E-state index in [9.17, 15) is 0 Å². The minimum Gasteiger partial charge on any atom is -0.308 e. The number of hydrogen-bond acceptors (Lipinski definition) is 2. The summed E-state index contributed by atoms with van der Waals surface area (Å²) in [4.78, 5) is 9.15. The first kappa shape index (κ1) is 12.4. The Bertz CT molecular complexity index is 587. The molecule has 1 aliphatic carbocycles. The monoisotopic (exact) mass is 327 g/mol. The van der Waals surface area contributed by atoms with Gasteiger partial charge in [0.15, 0.2) is 5.65 Å². The SMILES string of the molecule is CC1CC(n2c(C(C)Cl)nc3cc(Br)cnc32)C1. The quantitative estimate of drug-likeness (QED) is 0.762. The van der Waals surface area contributed by atoms with Crippen LogP contribution in [-0.4, -0.2) is 14.5 Å². The molecule has 5 heteroatoms. The summed E-state index contributed by atoms with van der Waals surface area (Å²) >= 11 is 9.69. The van der Waals surface area contributed by atoms with Crippen LogP contribution in [0.5, 0.6) is 0 Å². The van der Waals surface area contributed by atoms with E-state index in [1.165, 1.54) is 12.8 Å². The molecule has 3 nitrogen and oxygen atoms in total. The fourth-order valence-electron chi connectivity index (χ4n) is 2.69. The molecule has 1 fully saturated rings. The van der Waals surface area contributed by atoms with Crippen LogP contribution in [0.3, 0.4) is 0 Å². The maximum absolute atomic E-state index is 6.26. The van der Waals surface area contributed by atoms with E-state index in [0.717, 1.165) is 27.4 Å². The van der Waals surface area contributed by atoms with Gasteiger partial charge in [-0.3, -0.25) is 0 Å². The molecule has 0 amide bonds. The normalized spacial score (nSPS) is 25.1. The van der Waals surface area contributed by atoms with Crippen molar-refractivity contribution < 1.29 is 0 Å². The zero-order chi connectivity index (χ0) is 12.9. The van der Waals surface area contributed by atoms with Gasteiger partial charge in [0, 0.05) is 16.7 Å². The second-order valence-corrected chi connectivity index (χ2v) is 6.75. The Hall–Kier alpha value is -0.610. The van der Waals surface area contributed by atoms with E-state index in [2.05, 4.69) is 37.4 Å². The third-order valence-corrected chi connectivity index (χ3v) is 4.22. The van der Waals surface area contributed by atoms with Gasteiger partial charge in [-0.05, 0) is 47.7 Å². The minimum absolute atomic E-state index is 0.0890.